The highest BCUT2D eigenvalue weighted by Crippen LogP contribution is 2.27. The lowest BCUT2D eigenvalue weighted by atomic mass is 9.91. The molecule has 1 aliphatic rings. The van der Waals surface area contributed by atoms with Gasteiger partial charge in [0.25, 0.3) is 0 Å². The highest BCUT2D eigenvalue weighted by Gasteiger charge is 2.24. The quantitative estimate of drug-likeness (QED) is 0.577. The Morgan fingerprint density at radius 2 is 2.10 bits per heavy atom. The molecular weight excluding hydrogens is 460 g/mol. The number of benzene rings is 1. The first kappa shape index (κ1) is 20.9. The number of urea groups is 1. The summed E-state index contributed by atoms with van der Waals surface area (Å²) in [4.78, 5) is 22.6. The summed E-state index contributed by atoms with van der Waals surface area (Å²) >= 11 is 3.31. The van der Waals surface area contributed by atoms with Gasteiger partial charge in [-0.1, -0.05) is 30.7 Å². The van der Waals surface area contributed by atoms with Crippen molar-refractivity contribution in [2.75, 3.05) is 18.4 Å². The van der Waals surface area contributed by atoms with E-state index in [2.05, 4.69) is 54.4 Å². The van der Waals surface area contributed by atoms with Crippen molar-refractivity contribution in [2.24, 2.45) is 5.92 Å². The molecule has 1 unspecified atom stereocenters. The van der Waals surface area contributed by atoms with Crippen LogP contribution in [-0.2, 0) is 0 Å². The fourth-order valence-corrected chi connectivity index (χ4v) is 3.55. The summed E-state index contributed by atoms with van der Waals surface area (Å²) < 4.78 is 6.55. The Labute approximate surface area is 188 Å². The fraction of sp³-hybridized carbons (Fsp3) is 0.227. The van der Waals surface area contributed by atoms with Crippen LogP contribution >= 0.6 is 15.9 Å². The van der Waals surface area contributed by atoms with Crippen molar-refractivity contribution in [1.82, 2.24) is 25.1 Å². The first-order chi connectivity index (χ1) is 15.1. The van der Waals surface area contributed by atoms with Crippen LogP contribution in [0.5, 0.6) is 11.8 Å². The van der Waals surface area contributed by atoms with E-state index in [-0.39, 0.29) is 11.9 Å². The van der Waals surface area contributed by atoms with E-state index in [1.165, 1.54) is 5.57 Å². The Hall–Kier alpha value is -3.33. The van der Waals surface area contributed by atoms with Crippen LogP contribution in [0, 0.1) is 5.92 Å². The molecule has 0 aliphatic carbocycles. The maximum absolute atomic E-state index is 12.5. The Balaban J connectivity index is 1.39. The average molecular weight is 481 g/mol. The number of aromatic nitrogens is 4. The average Bonchev–Trinajstić information content (AvgIpc) is 2.78. The molecule has 2 amide bonds. The number of amides is 2. The molecule has 9 heteroatoms. The number of rotatable bonds is 4. The number of carbonyl (C=O) groups excluding carboxylic acids is 1. The highest BCUT2D eigenvalue weighted by atomic mass is 79.9. The third-order valence-corrected chi connectivity index (χ3v) is 5.32. The van der Waals surface area contributed by atoms with Crippen LogP contribution in [0.3, 0.4) is 0 Å². The lowest BCUT2D eigenvalue weighted by molar-refractivity contribution is 0.197. The molecule has 3 aromatic rings. The summed E-state index contributed by atoms with van der Waals surface area (Å²) in [5.74, 6) is 1.36. The van der Waals surface area contributed by atoms with Crippen molar-refractivity contribution < 1.29 is 9.53 Å². The molecule has 0 radical (unpaired) electrons. The van der Waals surface area contributed by atoms with Crippen LogP contribution in [0.4, 0.5) is 10.6 Å². The lowest BCUT2D eigenvalue weighted by Crippen LogP contribution is -2.42. The monoisotopic (exact) mass is 480 g/mol. The molecule has 158 valence electrons. The van der Waals surface area contributed by atoms with Crippen LogP contribution in [-0.4, -0.2) is 44.2 Å². The second-order valence-corrected chi connectivity index (χ2v) is 8.13. The van der Waals surface area contributed by atoms with E-state index in [0.717, 1.165) is 16.5 Å². The van der Waals surface area contributed by atoms with Crippen molar-refractivity contribution in [2.45, 2.75) is 13.3 Å². The van der Waals surface area contributed by atoms with Crippen LogP contribution in [0.15, 0.2) is 65.0 Å². The number of anilines is 1. The van der Waals surface area contributed by atoms with Gasteiger partial charge in [-0.25, -0.2) is 14.8 Å². The van der Waals surface area contributed by atoms with Gasteiger partial charge < -0.3 is 9.64 Å². The van der Waals surface area contributed by atoms with Gasteiger partial charge in [-0.3, -0.25) is 5.32 Å². The Morgan fingerprint density at radius 3 is 2.84 bits per heavy atom. The molecule has 1 atom stereocenters. The first-order valence-electron chi connectivity index (χ1n) is 9.86. The molecule has 0 spiro atoms. The van der Waals surface area contributed by atoms with E-state index in [1.807, 2.05) is 24.3 Å². The van der Waals surface area contributed by atoms with Crippen molar-refractivity contribution in [3.8, 4) is 11.8 Å². The van der Waals surface area contributed by atoms with E-state index in [1.54, 1.807) is 35.6 Å². The van der Waals surface area contributed by atoms with Crippen molar-refractivity contribution in [1.29, 1.82) is 0 Å². The second kappa shape index (κ2) is 9.65. The maximum Gasteiger partial charge on any atom is 0.323 e. The van der Waals surface area contributed by atoms with Crippen molar-refractivity contribution in [3.63, 3.8) is 0 Å². The van der Waals surface area contributed by atoms with Gasteiger partial charge in [0.1, 0.15) is 5.75 Å². The second-order valence-electron chi connectivity index (χ2n) is 7.21. The van der Waals surface area contributed by atoms with Crippen LogP contribution in [0.2, 0.25) is 0 Å². The number of hydrogen-bond acceptors (Lipinski definition) is 6. The van der Waals surface area contributed by atoms with E-state index in [9.17, 15) is 4.79 Å². The largest absolute Gasteiger partial charge is 0.424 e. The van der Waals surface area contributed by atoms with Crippen molar-refractivity contribution in [3.05, 3.63) is 70.6 Å². The number of nitrogens with zero attached hydrogens (tertiary/aromatic N) is 5. The summed E-state index contributed by atoms with van der Waals surface area (Å²) in [7, 11) is 0. The van der Waals surface area contributed by atoms with Gasteiger partial charge in [-0.15, -0.1) is 5.10 Å². The predicted molar refractivity (Wildman–Crippen MR) is 121 cm³/mol. The molecule has 4 rings (SSSR count). The van der Waals surface area contributed by atoms with Crippen molar-refractivity contribution >= 4 is 33.9 Å². The van der Waals surface area contributed by atoms with Gasteiger partial charge in [0.15, 0.2) is 5.82 Å². The molecule has 1 saturated heterocycles. The molecule has 31 heavy (non-hydrogen) atoms. The van der Waals surface area contributed by atoms with Crippen LogP contribution in [0.1, 0.15) is 18.9 Å². The Kier molecular flexibility index (Phi) is 6.51. The minimum absolute atomic E-state index is 0.156. The Bertz CT molecular complexity index is 1070. The fourth-order valence-electron chi connectivity index (χ4n) is 3.35. The summed E-state index contributed by atoms with van der Waals surface area (Å²) in [5.41, 5.74) is 2.33. The number of halogens is 1. The molecule has 8 nitrogen and oxygen atoms in total. The van der Waals surface area contributed by atoms with E-state index in [0.29, 0.717) is 30.7 Å². The molecule has 1 N–H and O–H groups in total. The highest BCUT2D eigenvalue weighted by molar-refractivity contribution is 9.10. The van der Waals surface area contributed by atoms with Gasteiger partial charge in [0, 0.05) is 31.7 Å². The molecule has 1 fully saturated rings. The SMILES string of the molecule is CC1CN(C(=O)Nc2cccnn2)CCC1=Cc1cccc(Oc2ncc(Br)cn2)c1. The van der Waals surface area contributed by atoms with Gasteiger partial charge >= 0.3 is 12.0 Å². The number of likely N-dealkylation sites (tertiary alicyclic amines) is 1. The number of nitrogens with one attached hydrogen (secondary N) is 1. The van der Waals surface area contributed by atoms with Crippen LogP contribution in [0.25, 0.3) is 6.08 Å². The topological polar surface area (TPSA) is 93.1 Å². The minimum Gasteiger partial charge on any atom is -0.424 e. The van der Waals surface area contributed by atoms with Gasteiger partial charge in [0.2, 0.25) is 0 Å². The summed E-state index contributed by atoms with van der Waals surface area (Å²) in [5, 5.41) is 10.5. The maximum atomic E-state index is 12.5. The first-order valence-corrected chi connectivity index (χ1v) is 10.7. The third-order valence-electron chi connectivity index (χ3n) is 4.91. The standard InChI is InChI=1S/C22H21BrN6O2/c1-15-14-29(22(30)27-20-6-3-8-26-28-20)9-7-17(15)10-16-4-2-5-19(11-16)31-21-24-12-18(23)13-25-21/h2-6,8,10-13,15H,7,9,14H2,1H3,(H,27,28,30). The zero-order valence-corrected chi connectivity index (χ0v) is 18.5. The molecule has 1 aliphatic heterocycles. The third kappa shape index (κ3) is 5.64. The normalized spacial score (nSPS) is 17.4. The number of ether oxygens (including phenoxy) is 1. The zero-order valence-electron chi connectivity index (χ0n) is 16.9. The predicted octanol–water partition coefficient (Wildman–Crippen LogP) is 4.78. The molecule has 0 bridgehead atoms. The van der Waals surface area contributed by atoms with E-state index >= 15 is 0 Å². The molecule has 3 heterocycles. The Morgan fingerprint density at radius 1 is 1.26 bits per heavy atom. The number of carbonyl (C=O) groups is 1. The van der Waals surface area contributed by atoms with Gasteiger partial charge in [-0.2, -0.15) is 5.10 Å². The number of piperidine rings is 1. The molecule has 1 aromatic carbocycles. The molecule has 0 saturated carbocycles. The number of hydrogen-bond donors (Lipinski definition) is 1. The zero-order chi connectivity index (χ0) is 21.6. The molecular formula is C22H21BrN6O2. The molecule has 2 aromatic heterocycles. The van der Waals surface area contributed by atoms with Crippen LogP contribution < -0.4 is 10.1 Å². The summed E-state index contributed by atoms with van der Waals surface area (Å²) in [6, 6.07) is 11.4. The lowest BCUT2D eigenvalue weighted by Gasteiger charge is -2.33. The van der Waals surface area contributed by atoms with Gasteiger partial charge in [0.05, 0.1) is 4.47 Å². The van der Waals surface area contributed by atoms with E-state index in [4.69, 9.17) is 4.74 Å². The van der Waals surface area contributed by atoms with Gasteiger partial charge in [-0.05, 0) is 58.1 Å². The summed E-state index contributed by atoms with van der Waals surface area (Å²) in [6.07, 6.45) is 7.82. The minimum atomic E-state index is -0.156. The summed E-state index contributed by atoms with van der Waals surface area (Å²) in [6.45, 7) is 3.41. The smallest absolute Gasteiger partial charge is 0.323 e. The van der Waals surface area contributed by atoms with E-state index < -0.39 is 0 Å².